The molecule has 2 rings (SSSR count). The minimum absolute atomic E-state index is 0.141. The maximum absolute atomic E-state index is 11.9. The number of pyridine rings is 1. The Morgan fingerprint density at radius 3 is 3.12 bits per heavy atom. The molecule has 0 radical (unpaired) electrons. The second-order valence-corrected chi connectivity index (χ2v) is 4.62. The van der Waals surface area contributed by atoms with Gasteiger partial charge in [0.1, 0.15) is 0 Å². The molecule has 1 atom stereocenters. The van der Waals surface area contributed by atoms with E-state index in [1.54, 1.807) is 12.3 Å². The molecule has 0 aliphatic heterocycles. The standard InChI is InChI=1S/C13H15ClN2O/c14-12-6-7-15-9-11(12)13(17)16-8-10-4-2-1-3-5-10/h1-2,6-7,9-10H,3-5,8H2,(H,16,17). The second-order valence-electron chi connectivity index (χ2n) is 4.22. The first-order chi connectivity index (χ1) is 8.27. The Labute approximate surface area is 106 Å². The van der Waals surface area contributed by atoms with Gasteiger partial charge in [0.05, 0.1) is 10.6 Å². The highest BCUT2D eigenvalue weighted by molar-refractivity contribution is 6.33. The molecule has 1 amide bonds. The molecule has 1 unspecified atom stereocenters. The minimum atomic E-state index is -0.141. The smallest absolute Gasteiger partial charge is 0.254 e. The zero-order valence-corrected chi connectivity index (χ0v) is 10.3. The average molecular weight is 251 g/mol. The summed E-state index contributed by atoms with van der Waals surface area (Å²) in [5.74, 6) is 0.400. The van der Waals surface area contributed by atoms with E-state index in [1.807, 2.05) is 0 Å². The average Bonchev–Trinajstić information content (AvgIpc) is 2.38. The van der Waals surface area contributed by atoms with Crippen molar-refractivity contribution in [3.63, 3.8) is 0 Å². The first-order valence-corrected chi connectivity index (χ1v) is 6.18. The van der Waals surface area contributed by atoms with Crippen LogP contribution >= 0.6 is 11.6 Å². The van der Waals surface area contributed by atoms with Gasteiger partial charge < -0.3 is 5.32 Å². The summed E-state index contributed by atoms with van der Waals surface area (Å²) in [4.78, 5) is 15.8. The predicted octanol–water partition coefficient (Wildman–Crippen LogP) is 2.82. The monoisotopic (exact) mass is 250 g/mol. The molecule has 0 aromatic carbocycles. The molecule has 0 saturated heterocycles. The van der Waals surface area contributed by atoms with Crippen LogP contribution in [-0.4, -0.2) is 17.4 Å². The van der Waals surface area contributed by atoms with Crippen molar-refractivity contribution in [3.8, 4) is 0 Å². The fraction of sp³-hybridized carbons (Fsp3) is 0.385. The summed E-state index contributed by atoms with van der Waals surface area (Å²) in [6, 6.07) is 1.62. The van der Waals surface area contributed by atoms with Crippen molar-refractivity contribution in [2.45, 2.75) is 19.3 Å². The highest BCUT2D eigenvalue weighted by atomic mass is 35.5. The Balaban J connectivity index is 1.89. The lowest BCUT2D eigenvalue weighted by Crippen LogP contribution is -2.29. The Kier molecular flexibility index (Phi) is 4.15. The highest BCUT2D eigenvalue weighted by Crippen LogP contribution is 2.18. The van der Waals surface area contributed by atoms with E-state index in [4.69, 9.17) is 11.6 Å². The number of hydrogen-bond donors (Lipinski definition) is 1. The van der Waals surface area contributed by atoms with E-state index >= 15 is 0 Å². The van der Waals surface area contributed by atoms with Gasteiger partial charge >= 0.3 is 0 Å². The molecule has 1 heterocycles. The second kappa shape index (κ2) is 5.82. The van der Waals surface area contributed by atoms with Crippen molar-refractivity contribution in [3.05, 3.63) is 41.2 Å². The lowest BCUT2D eigenvalue weighted by atomic mass is 9.94. The zero-order valence-electron chi connectivity index (χ0n) is 9.53. The van der Waals surface area contributed by atoms with Gasteiger partial charge in [-0.05, 0) is 31.2 Å². The third kappa shape index (κ3) is 3.30. The summed E-state index contributed by atoms with van der Waals surface area (Å²) < 4.78 is 0. The summed E-state index contributed by atoms with van der Waals surface area (Å²) >= 11 is 5.93. The quantitative estimate of drug-likeness (QED) is 0.839. The molecule has 1 N–H and O–H groups in total. The van der Waals surface area contributed by atoms with Crippen molar-refractivity contribution in [2.24, 2.45) is 5.92 Å². The zero-order chi connectivity index (χ0) is 12.1. The maximum Gasteiger partial charge on any atom is 0.254 e. The number of carbonyl (C=O) groups is 1. The van der Waals surface area contributed by atoms with E-state index in [1.165, 1.54) is 6.20 Å². The van der Waals surface area contributed by atoms with Gasteiger partial charge in [0.2, 0.25) is 0 Å². The normalized spacial score (nSPS) is 19.0. The fourth-order valence-corrected chi connectivity index (χ4v) is 2.11. The van der Waals surface area contributed by atoms with Crippen molar-refractivity contribution >= 4 is 17.5 Å². The van der Waals surface area contributed by atoms with E-state index in [0.717, 1.165) is 19.3 Å². The van der Waals surface area contributed by atoms with Gasteiger partial charge in [0.15, 0.2) is 0 Å². The fourth-order valence-electron chi connectivity index (χ4n) is 1.92. The molecule has 4 heteroatoms. The molecule has 90 valence electrons. The van der Waals surface area contributed by atoms with E-state index in [9.17, 15) is 4.79 Å². The molecule has 17 heavy (non-hydrogen) atoms. The van der Waals surface area contributed by atoms with Crippen LogP contribution in [0.4, 0.5) is 0 Å². The Bertz CT molecular complexity index is 431. The number of halogens is 1. The number of nitrogens with one attached hydrogen (secondary N) is 1. The van der Waals surface area contributed by atoms with E-state index < -0.39 is 0 Å². The van der Waals surface area contributed by atoms with Crippen LogP contribution in [0.3, 0.4) is 0 Å². The first kappa shape index (κ1) is 12.1. The number of hydrogen-bond acceptors (Lipinski definition) is 2. The van der Waals surface area contributed by atoms with Crippen LogP contribution in [0, 0.1) is 5.92 Å². The summed E-state index contributed by atoms with van der Waals surface area (Å²) in [6.07, 6.45) is 10.7. The summed E-state index contributed by atoms with van der Waals surface area (Å²) in [7, 11) is 0. The number of aromatic nitrogens is 1. The molecule has 0 bridgehead atoms. The topological polar surface area (TPSA) is 42.0 Å². The van der Waals surface area contributed by atoms with Crippen molar-refractivity contribution in [1.29, 1.82) is 0 Å². The van der Waals surface area contributed by atoms with Crippen LogP contribution in [0.2, 0.25) is 5.02 Å². The molecular weight excluding hydrogens is 236 g/mol. The van der Waals surface area contributed by atoms with Crippen LogP contribution in [0.5, 0.6) is 0 Å². The lowest BCUT2D eigenvalue weighted by Gasteiger charge is -2.18. The number of nitrogens with zero attached hydrogens (tertiary/aromatic N) is 1. The van der Waals surface area contributed by atoms with Crippen molar-refractivity contribution < 1.29 is 4.79 Å². The van der Waals surface area contributed by atoms with E-state index in [0.29, 0.717) is 23.0 Å². The van der Waals surface area contributed by atoms with Crippen LogP contribution < -0.4 is 5.32 Å². The Hall–Kier alpha value is -1.35. The summed E-state index contributed by atoms with van der Waals surface area (Å²) in [5.41, 5.74) is 0.445. The van der Waals surface area contributed by atoms with Gasteiger partial charge in [-0.3, -0.25) is 9.78 Å². The van der Waals surface area contributed by atoms with Gasteiger partial charge in [-0.25, -0.2) is 0 Å². The largest absolute Gasteiger partial charge is 0.352 e. The Morgan fingerprint density at radius 1 is 1.53 bits per heavy atom. The number of rotatable bonds is 3. The third-order valence-corrected chi connectivity index (χ3v) is 3.27. The van der Waals surface area contributed by atoms with Gasteiger partial charge in [-0.15, -0.1) is 0 Å². The first-order valence-electron chi connectivity index (χ1n) is 5.80. The summed E-state index contributed by atoms with van der Waals surface area (Å²) in [5, 5.41) is 3.36. The van der Waals surface area contributed by atoms with E-state index in [2.05, 4.69) is 22.5 Å². The molecule has 1 aromatic heterocycles. The number of carbonyl (C=O) groups excluding carboxylic acids is 1. The molecule has 0 saturated carbocycles. The summed E-state index contributed by atoms with van der Waals surface area (Å²) in [6.45, 7) is 0.703. The molecule has 0 fully saturated rings. The van der Waals surface area contributed by atoms with Gasteiger partial charge in [-0.1, -0.05) is 23.8 Å². The van der Waals surface area contributed by atoms with Crippen molar-refractivity contribution in [2.75, 3.05) is 6.54 Å². The minimum Gasteiger partial charge on any atom is -0.352 e. The van der Waals surface area contributed by atoms with E-state index in [-0.39, 0.29) is 5.91 Å². The molecule has 1 aliphatic rings. The molecule has 1 aliphatic carbocycles. The van der Waals surface area contributed by atoms with Gasteiger partial charge in [0.25, 0.3) is 5.91 Å². The maximum atomic E-state index is 11.9. The number of amides is 1. The SMILES string of the molecule is O=C(NCC1CC=CCC1)c1cnccc1Cl. The van der Waals surface area contributed by atoms with Crippen LogP contribution in [0.25, 0.3) is 0 Å². The Morgan fingerprint density at radius 2 is 2.41 bits per heavy atom. The van der Waals surface area contributed by atoms with Crippen LogP contribution in [0.1, 0.15) is 29.6 Å². The van der Waals surface area contributed by atoms with Gasteiger partial charge in [-0.2, -0.15) is 0 Å². The predicted molar refractivity (Wildman–Crippen MR) is 68.1 cm³/mol. The number of allylic oxidation sites excluding steroid dienone is 2. The van der Waals surface area contributed by atoms with Crippen LogP contribution in [-0.2, 0) is 0 Å². The lowest BCUT2D eigenvalue weighted by molar-refractivity contribution is 0.0946. The van der Waals surface area contributed by atoms with Crippen LogP contribution in [0.15, 0.2) is 30.6 Å². The van der Waals surface area contributed by atoms with Crippen molar-refractivity contribution in [1.82, 2.24) is 10.3 Å². The molecule has 1 aromatic rings. The highest BCUT2D eigenvalue weighted by Gasteiger charge is 2.14. The third-order valence-electron chi connectivity index (χ3n) is 2.94. The molecule has 3 nitrogen and oxygen atoms in total. The molecule has 0 spiro atoms. The van der Waals surface area contributed by atoms with Gasteiger partial charge in [0, 0.05) is 18.9 Å². The molecular formula is C13H15ClN2O.